The Labute approximate surface area is 188 Å². The number of anilines is 1. The van der Waals surface area contributed by atoms with Crippen LogP contribution in [0, 0.1) is 13.8 Å². The average molecular weight is 431 g/mol. The van der Waals surface area contributed by atoms with Gasteiger partial charge in [-0.1, -0.05) is 19.9 Å². The SMILES string of the molecule is Cc1cc(-c2[nH]c3ccc(-c4csc(N5CCCCC5)n4)cc3c2C(C)C)cc(C)n1. The van der Waals surface area contributed by atoms with Crippen molar-refractivity contribution in [1.82, 2.24) is 15.0 Å². The summed E-state index contributed by atoms with van der Waals surface area (Å²) in [5.41, 5.74) is 9.36. The molecule has 4 heterocycles. The molecule has 0 atom stereocenters. The Morgan fingerprint density at radius 3 is 2.39 bits per heavy atom. The number of fused-ring (bicyclic) bond motifs is 1. The fraction of sp³-hybridized carbons (Fsp3) is 0.385. The van der Waals surface area contributed by atoms with E-state index in [1.54, 1.807) is 11.3 Å². The molecule has 0 bridgehead atoms. The average Bonchev–Trinajstić information content (AvgIpc) is 3.38. The minimum absolute atomic E-state index is 0.409. The van der Waals surface area contributed by atoms with Crippen LogP contribution in [-0.2, 0) is 0 Å². The number of hydrogen-bond donors (Lipinski definition) is 1. The third-order valence-corrected chi connectivity index (χ3v) is 7.10. The molecule has 4 nitrogen and oxygen atoms in total. The highest BCUT2D eigenvalue weighted by molar-refractivity contribution is 7.14. The lowest BCUT2D eigenvalue weighted by molar-refractivity contribution is 0.577. The number of benzene rings is 1. The first-order valence-electron chi connectivity index (χ1n) is 11.3. The molecule has 4 aromatic rings. The summed E-state index contributed by atoms with van der Waals surface area (Å²) >= 11 is 1.77. The molecule has 1 aliphatic rings. The van der Waals surface area contributed by atoms with Gasteiger partial charge in [-0.05, 0) is 68.9 Å². The zero-order chi connectivity index (χ0) is 21.5. The first kappa shape index (κ1) is 20.3. The fourth-order valence-corrected chi connectivity index (χ4v) is 5.69. The molecule has 0 spiro atoms. The Morgan fingerprint density at radius 1 is 0.935 bits per heavy atom. The second kappa shape index (κ2) is 8.12. The zero-order valence-corrected chi connectivity index (χ0v) is 19.6. The Kier molecular flexibility index (Phi) is 5.30. The maximum atomic E-state index is 5.00. The fourth-order valence-electron chi connectivity index (χ4n) is 4.81. The standard InChI is InChI=1S/C26H30N4S/c1-16(2)24-21-14-19(23-15-31-26(29-23)30-10-6-5-7-11-30)8-9-22(21)28-25(24)20-12-17(3)27-18(4)13-20/h8-9,12-16,28H,5-7,10-11H2,1-4H3. The summed E-state index contributed by atoms with van der Waals surface area (Å²) < 4.78 is 0. The van der Waals surface area contributed by atoms with E-state index in [1.165, 1.54) is 52.5 Å². The number of aromatic amines is 1. The zero-order valence-electron chi connectivity index (χ0n) is 18.8. The number of nitrogens with one attached hydrogen (secondary N) is 1. The van der Waals surface area contributed by atoms with Crippen LogP contribution in [0.4, 0.5) is 5.13 Å². The van der Waals surface area contributed by atoms with Crippen LogP contribution in [-0.4, -0.2) is 28.0 Å². The minimum atomic E-state index is 0.409. The van der Waals surface area contributed by atoms with Crippen molar-refractivity contribution < 1.29 is 0 Å². The number of nitrogens with zero attached hydrogens (tertiary/aromatic N) is 3. The molecule has 1 aromatic carbocycles. The molecule has 0 saturated carbocycles. The van der Waals surface area contributed by atoms with Crippen LogP contribution in [0.15, 0.2) is 35.7 Å². The van der Waals surface area contributed by atoms with E-state index in [0.717, 1.165) is 35.3 Å². The van der Waals surface area contributed by atoms with Gasteiger partial charge in [-0.3, -0.25) is 4.98 Å². The number of aryl methyl sites for hydroxylation is 2. The second-order valence-electron chi connectivity index (χ2n) is 9.03. The summed E-state index contributed by atoms with van der Waals surface area (Å²) in [5.74, 6) is 0.409. The first-order valence-corrected chi connectivity index (χ1v) is 12.2. The lowest BCUT2D eigenvalue weighted by Gasteiger charge is -2.25. The first-order chi connectivity index (χ1) is 15.0. The molecule has 3 aromatic heterocycles. The highest BCUT2D eigenvalue weighted by Crippen LogP contribution is 2.38. The largest absolute Gasteiger partial charge is 0.354 e. The van der Waals surface area contributed by atoms with Gasteiger partial charge < -0.3 is 9.88 Å². The number of hydrogen-bond acceptors (Lipinski definition) is 4. The third-order valence-electron chi connectivity index (χ3n) is 6.20. The number of pyridine rings is 1. The van der Waals surface area contributed by atoms with Crippen molar-refractivity contribution in [2.75, 3.05) is 18.0 Å². The third kappa shape index (κ3) is 3.87. The molecule has 0 aliphatic carbocycles. The predicted octanol–water partition coefficient (Wildman–Crippen LogP) is 7.08. The normalized spacial score (nSPS) is 14.7. The maximum absolute atomic E-state index is 5.00. The van der Waals surface area contributed by atoms with Gasteiger partial charge in [-0.15, -0.1) is 11.3 Å². The Hall–Kier alpha value is -2.66. The van der Waals surface area contributed by atoms with Gasteiger partial charge in [0.2, 0.25) is 0 Å². The van der Waals surface area contributed by atoms with Gasteiger partial charge in [0.25, 0.3) is 0 Å². The lowest BCUT2D eigenvalue weighted by Crippen LogP contribution is -2.29. The Morgan fingerprint density at radius 2 is 1.68 bits per heavy atom. The molecule has 0 amide bonds. The van der Waals surface area contributed by atoms with Gasteiger partial charge in [0, 0.05) is 51.9 Å². The summed E-state index contributed by atoms with van der Waals surface area (Å²) in [6.07, 6.45) is 3.90. The molecule has 160 valence electrons. The van der Waals surface area contributed by atoms with Crippen LogP contribution in [0.25, 0.3) is 33.4 Å². The molecule has 1 saturated heterocycles. The van der Waals surface area contributed by atoms with Crippen molar-refractivity contribution in [3.05, 3.63) is 52.7 Å². The summed E-state index contributed by atoms with van der Waals surface area (Å²) in [5, 5.41) is 4.67. The highest BCUT2D eigenvalue weighted by atomic mass is 32.1. The van der Waals surface area contributed by atoms with E-state index < -0.39 is 0 Å². The molecule has 31 heavy (non-hydrogen) atoms. The van der Waals surface area contributed by atoms with Crippen LogP contribution in [0.2, 0.25) is 0 Å². The van der Waals surface area contributed by atoms with Gasteiger partial charge in [-0.2, -0.15) is 0 Å². The molecule has 5 rings (SSSR count). The molecule has 1 aliphatic heterocycles. The Bertz CT molecular complexity index is 1210. The molecule has 1 N–H and O–H groups in total. The molecule has 1 fully saturated rings. The summed E-state index contributed by atoms with van der Waals surface area (Å²) in [6, 6.07) is 11.1. The highest BCUT2D eigenvalue weighted by Gasteiger charge is 2.19. The van der Waals surface area contributed by atoms with E-state index in [4.69, 9.17) is 4.98 Å². The van der Waals surface area contributed by atoms with Crippen molar-refractivity contribution in [2.45, 2.75) is 52.9 Å². The topological polar surface area (TPSA) is 44.8 Å². The molecule has 0 radical (unpaired) electrons. The van der Waals surface area contributed by atoms with E-state index >= 15 is 0 Å². The van der Waals surface area contributed by atoms with Gasteiger partial charge >= 0.3 is 0 Å². The van der Waals surface area contributed by atoms with Gasteiger partial charge in [-0.25, -0.2) is 4.98 Å². The van der Waals surface area contributed by atoms with Gasteiger partial charge in [0.05, 0.1) is 11.4 Å². The number of H-pyrrole nitrogens is 1. The van der Waals surface area contributed by atoms with E-state index in [0.29, 0.717) is 5.92 Å². The van der Waals surface area contributed by atoms with Gasteiger partial charge in [0.1, 0.15) is 0 Å². The van der Waals surface area contributed by atoms with Crippen molar-refractivity contribution in [3.63, 3.8) is 0 Å². The van der Waals surface area contributed by atoms with E-state index in [1.807, 2.05) is 0 Å². The number of piperidine rings is 1. The number of thiazole rings is 1. The smallest absolute Gasteiger partial charge is 0.185 e. The molecular formula is C26H30N4S. The second-order valence-corrected chi connectivity index (χ2v) is 9.87. The van der Waals surface area contributed by atoms with Crippen LogP contribution < -0.4 is 4.90 Å². The summed E-state index contributed by atoms with van der Waals surface area (Å²) in [7, 11) is 0. The quantitative estimate of drug-likeness (QED) is 0.376. The summed E-state index contributed by atoms with van der Waals surface area (Å²) in [6.45, 7) is 10.9. The Balaban J connectivity index is 1.58. The number of aromatic nitrogens is 3. The maximum Gasteiger partial charge on any atom is 0.185 e. The van der Waals surface area contributed by atoms with Crippen molar-refractivity contribution in [1.29, 1.82) is 0 Å². The van der Waals surface area contributed by atoms with E-state index in [9.17, 15) is 0 Å². The van der Waals surface area contributed by atoms with E-state index in [-0.39, 0.29) is 0 Å². The van der Waals surface area contributed by atoms with E-state index in [2.05, 4.69) is 78.3 Å². The monoisotopic (exact) mass is 430 g/mol. The van der Waals surface area contributed by atoms with Gasteiger partial charge in [0.15, 0.2) is 5.13 Å². The number of rotatable bonds is 4. The van der Waals surface area contributed by atoms with Crippen molar-refractivity contribution in [2.24, 2.45) is 0 Å². The van der Waals surface area contributed by atoms with Crippen LogP contribution >= 0.6 is 11.3 Å². The van der Waals surface area contributed by atoms with Crippen LogP contribution in [0.5, 0.6) is 0 Å². The van der Waals surface area contributed by atoms with Crippen LogP contribution in [0.3, 0.4) is 0 Å². The van der Waals surface area contributed by atoms with Crippen LogP contribution in [0.1, 0.15) is 56.0 Å². The molecular weight excluding hydrogens is 400 g/mol. The van der Waals surface area contributed by atoms with Crippen molar-refractivity contribution >= 4 is 27.4 Å². The molecule has 5 heteroatoms. The lowest BCUT2D eigenvalue weighted by atomic mass is 9.95. The predicted molar refractivity (Wildman–Crippen MR) is 132 cm³/mol. The minimum Gasteiger partial charge on any atom is -0.354 e. The van der Waals surface area contributed by atoms with Crippen molar-refractivity contribution in [3.8, 4) is 22.5 Å². The molecule has 0 unspecified atom stereocenters. The summed E-state index contributed by atoms with van der Waals surface area (Å²) in [4.78, 5) is 15.7.